The molecule has 2 unspecified atom stereocenters. The summed E-state index contributed by atoms with van der Waals surface area (Å²) < 4.78 is 5.24. The molecule has 0 bridgehead atoms. The van der Waals surface area contributed by atoms with Crippen LogP contribution < -0.4 is 5.32 Å². The molecule has 18 heavy (non-hydrogen) atoms. The molecule has 0 aromatic carbocycles. The van der Waals surface area contributed by atoms with Gasteiger partial charge in [-0.2, -0.15) is 0 Å². The third kappa shape index (κ3) is 6.72. The topological polar surface area (TPSA) is 24.5 Å². The zero-order valence-electron chi connectivity index (χ0n) is 13.4. The Bertz CT molecular complexity index is 191. The van der Waals surface area contributed by atoms with Gasteiger partial charge in [-0.05, 0) is 32.2 Å². The van der Waals surface area contributed by atoms with Crippen LogP contribution in [-0.2, 0) is 4.74 Å². The van der Waals surface area contributed by atoms with Gasteiger partial charge in [0, 0.05) is 32.8 Å². The quantitative estimate of drug-likeness (QED) is 0.617. The summed E-state index contributed by atoms with van der Waals surface area (Å²) in [4.78, 5) is 2.58. The summed E-state index contributed by atoms with van der Waals surface area (Å²) in [6, 6.07) is 0.633. The molecule has 0 fully saturated rings. The first kappa shape index (κ1) is 17.9. The second-order valence-corrected chi connectivity index (χ2v) is 5.81. The maximum absolute atomic E-state index is 5.24. The summed E-state index contributed by atoms with van der Waals surface area (Å²) in [5, 5.41) is 3.35. The fourth-order valence-corrected chi connectivity index (χ4v) is 2.67. The molecular formula is C15H34N2O. The number of hydrogen-bond donors (Lipinski definition) is 1. The van der Waals surface area contributed by atoms with E-state index in [2.05, 4.69) is 45.0 Å². The first-order valence-corrected chi connectivity index (χ1v) is 7.40. The van der Waals surface area contributed by atoms with E-state index in [1.54, 1.807) is 7.11 Å². The molecule has 3 nitrogen and oxygen atoms in total. The highest BCUT2D eigenvalue weighted by Crippen LogP contribution is 2.25. The number of nitrogens with one attached hydrogen (secondary N) is 1. The summed E-state index contributed by atoms with van der Waals surface area (Å²) in [6.07, 6.45) is 3.72. The first-order valence-electron chi connectivity index (χ1n) is 7.40. The predicted octanol–water partition coefficient (Wildman–Crippen LogP) is 2.76. The van der Waals surface area contributed by atoms with Gasteiger partial charge < -0.3 is 10.1 Å². The van der Waals surface area contributed by atoms with Crippen LogP contribution in [0.4, 0.5) is 0 Å². The van der Waals surface area contributed by atoms with E-state index in [1.807, 2.05) is 0 Å². The van der Waals surface area contributed by atoms with Gasteiger partial charge in [0.1, 0.15) is 0 Å². The lowest BCUT2D eigenvalue weighted by Gasteiger charge is -2.38. The molecule has 0 saturated carbocycles. The van der Waals surface area contributed by atoms with Gasteiger partial charge in [0.15, 0.2) is 0 Å². The minimum absolute atomic E-state index is 0.362. The van der Waals surface area contributed by atoms with Gasteiger partial charge in [0.05, 0.1) is 6.61 Å². The standard InChI is InChI=1S/C15H34N2O/c1-7-9-15(4,12-16-5)13-17(10-11-18-6)14(3)8-2/h14,16H,7-13H2,1-6H3. The number of nitrogens with zero attached hydrogens (tertiary/aromatic N) is 1. The van der Waals surface area contributed by atoms with Crippen LogP contribution >= 0.6 is 0 Å². The van der Waals surface area contributed by atoms with E-state index in [-0.39, 0.29) is 0 Å². The van der Waals surface area contributed by atoms with Crippen LogP contribution in [0.3, 0.4) is 0 Å². The average Bonchev–Trinajstić information content (AvgIpc) is 2.34. The van der Waals surface area contributed by atoms with E-state index >= 15 is 0 Å². The molecule has 0 heterocycles. The molecule has 0 aliphatic rings. The second-order valence-electron chi connectivity index (χ2n) is 5.81. The number of hydrogen-bond acceptors (Lipinski definition) is 3. The summed E-state index contributed by atoms with van der Waals surface area (Å²) >= 11 is 0. The third-order valence-corrected chi connectivity index (χ3v) is 3.84. The zero-order valence-corrected chi connectivity index (χ0v) is 13.4. The van der Waals surface area contributed by atoms with Crippen LogP contribution in [0.15, 0.2) is 0 Å². The van der Waals surface area contributed by atoms with Crippen molar-refractivity contribution in [3.8, 4) is 0 Å². The van der Waals surface area contributed by atoms with E-state index in [9.17, 15) is 0 Å². The molecule has 0 amide bonds. The van der Waals surface area contributed by atoms with Crippen molar-refractivity contribution in [1.29, 1.82) is 0 Å². The van der Waals surface area contributed by atoms with Gasteiger partial charge in [0.2, 0.25) is 0 Å². The Morgan fingerprint density at radius 1 is 1.33 bits per heavy atom. The molecule has 0 rings (SSSR count). The number of ether oxygens (including phenoxy) is 1. The van der Waals surface area contributed by atoms with E-state index in [0.29, 0.717) is 11.5 Å². The first-order chi connectivity index (χ1) is 8.52. The van der Waals surface area contributed by atoms with Crippen molar-refractivity contribution >= 4 is 0 Å². The van der Waals surface area contributed by atoms with Gasteiger partial charge in [-0.1, -0.05) is 27.2 Å². The maximum atomic E-state index is 5.24. The van der Waals surface area contributed by atoms with E-state index in [0.717, 1.165) is 26.2 Å². The Labute approximate surface area is 114 Å². The largest absolute Gasteiger partial charge is 0.383 e. The van der Waals surface area contributed by atoms with E-state index in [4.69, 9.17) is 4.74 Å². The van der Waals surface area contributed by atoms with Crippen molar-refractivity contribution in [3.63, 3.8) is 0 Å². The van der Waals surface area contributed by atoms with Crippen molar-refractivity contribution < 1.29 is 4.74 Å². The molecule has 0 aliphatic heterocycles. The maximum Gasteiger partial charge on any atom is 0.0589 e. The molecule has 0 spiro atoms. The Kier molecular flexibility index (Phi) is 9.70. The van der Waals surface area contributed by atoms with Gasteiger partial charge in [0.25, 0.3) is 0 Å². The highest BCUT2D eigenvalue weighted by atomic mass is 16.5. The Balaban J connectivity index is 4.56. The smallest absolute Gasteiger partial charge is 0.0589 e. The normalized spacial score (nSPS) is 16.8. The molecular weight excluding hydrogens is 224 g/mol. The predicted molar refractivity (Wildman–Crippen MR) is 80.1 cm³/mol. The van der Waals surface area contributed by atoms with Crippen molar-refractivity contribution in [2.75, 3.05) is 40.4 Å². The molecule has 0 aromatic rings. The minimum Gasteiger partial charge on any atom is -0.383 e. The fourth-order valence-electron chi connectivity index (χ4n) is 2.67. The van der Waals surface area contributed by atoms with Crippen LogP contribution in [0.1, 0.15) is 47.0 Å². The highest BCUT2D eigenvalue weighted by Gasteiger charge is 2.27. The zero-order chi connectivity index (χ0) is 14.0. The van der Waals surface area contributed by atoms with Crippen molar-refractivity contribution in [3.05, 3.63) is 0 Å². The summed E-state index contributed by atoms with van der Waals surface area (Å²) in [5.74, 6) is 0. The van der Waals surface area contributed by atoms with E-state index < -0.39 is 0 Å². The van der Waals surface area contributed by atoms with Crippen molar-refractivity contribution in [2.45, 2.75) is 53.0 Å². The average molecular weight is 258 g/mol. The molecule has 1 N–H and O–H groups in total. The number of methoxy groups -OCH3 is 1. The van der Waals surface area contributed by atoms with Gasteiger partial charge >= 0.3 is 0 Å². The monoisotopic (exact) mass is 258 g/mol. The molecule has 0 aliphatic carbocycles. The SMILES string of the molecule is CCCC(C)(CNC)CN(CCOC)C(C)CC. The molecule has 110 valence electrons. The summed E-state index contributed by atoms with van der Waals surface area (Å²) in [7, 11) is 3.84. The van der Waals surface area contributed by atoms with Gasteiger partial charge in [-0.15, -0.1) is 0 Å². The third-order valence-electron chi connectivity index (χ3n) is 3.84. The highest BCUT2D eigenvalue weighted by molar-refractivity contribution is 4.82. The lowest BCUT2D eigenvalue weighted by Crippen LogP contribution is -2.46. The van der Waals surface area contributed by atoms with Crippen LogP contribution in [0, 0.1) is 5.41 Å². The van der Waals surface area contributed by atoms with E-state index in [1.165, 1.54) is 19.3 Å². The van der Waals surface area contributed by atoms with Crippen molar-refractivity contribution in [2.24, 2.45) is 5.41 Å². The van der Waals surface area contributed by atoms with Crippen LogP contribution in [0.5, 0.6) is 0 Å². The van der Waals surface area contributed by atoms with Crippen LogP contribution in [0.2, 0.25) is 0 Å². The lowest BCUT2D eigenvalue weighted by molar-refractivity contribution is 0.0797. The molecule has 0 radical (unpaired) electrons. The minimum atomic E-state index is 0.362. The molecule has 3 heteroatoms. The second kappa shape index (κ2) is 9.76. The Morgan fingerprint density at radius 2 is 2.00 bits per heavy atom. The number of rotatable bonds is 11. The van der Waals surface area contributed by atoms with Crippen molar-refractivity contribution in [1.82, 2.24) is 10.2 Å². The molecule has 2 atom stereocenters. The van der Waals surface area contributed by atoms with Crippen LogP contribution in [0.25, 0.3) is 0 Å². The Morgan fingerprint density at radius 3 is 2.44 bits per heavy atom. The lowest BCUT2D eigenvalue weighted by atomic mass is 9.84. The molecule has 0 aromatic heterocycles. The van der Waals surface area contributed by atoms with Crippen LogP contribution in [-0.4, -0.2) is 51.3 Å². The Hall–Kier alpha value is -0.120. The molecule has 0 saturated heterocycles. The van der Waals surface area contributed by atoms with Gasteiger partial charge in [-0.25, -0.2) is 0 Å². The van der Waals surface area contributed by atoms with Gasteiger partial charge in [-0.3, -0.25) is 4.90 Å². The fraction of sp³-hybridized carbons (Fsp3) is 1.00. The summed E-state index contributed by atoms with van der Waals surface area (Å²) in [5.41, 5.74) is 0.362. The summed E-state index contributed by atoms with van der Waals surface area (Å²) in [6.45, 7) is 13.4.